The molecule has 5 heteroatoms. The van der Waals surface area contributed by atoms with E-state index in [0.29, 0.717) is 29.7 Å². The molecule has 1 N–H and O–H groups in total. The Morgan fingerprint density at radius 1 is 1.32 bits per heavy atom. The Labute approximate surface area is 111 Å². The highest BCUT2D eigenvalue weighted by Gasteiger charge is 2.17. The SMILES string of the molecule is Cc1ccc(F)c(-c2nnc(CO)n2CC(C)C)c1. The summed E-state index contributed by atoms with van der Waals surface area (Å²) >= 11 is 0. The summed E-state index contributed by atoms with van der Waals surface area (Å²) in [6.07, 6.45) is 0. The van der Waals surface area contributed by atoms with Crippen molar-refractivity contribution in [1.29, 1.82) is 0 Å². The summed E-state index contributed by atoms with van der Waals surface area (Å²) in [6, 6.07) is 4.89. The van der Waals surface area contributed by atoms with Crippen LogP contribution < -0.4 is 0 Å². The van der Waals surface area contributed by atoms with Crippen molar-refractivity contribution in [2.75, 3.05) is 0 Å². The van der Waals surface area contributed by atoms with Crippen molar-refractivity contribution >= 4 is 0 Å². The highest BCUT2D eigenvalue weighted by molar-refractivity contribution is 5.57. The summed E-state index contributed by atoms with van der Waals surface area (Å²) in [5.74, 6) is 0.962. The van der Waals surface area contributed by atoms with E-state index in [2.05, 4.69) is 24.0 Å². The van der Waals surface area contributed by atoms with Gasteiger partial charge in [-0.15, -0.1) is 10.2 Å². The number of aliphatic hydroxyl groups is 1. The minimum absolute atomic E-state index is 0.201. The maximum absolute atomic E-state index is 13.9. The van der Waals surface area contributed by atoms with Crippen LogP contribution in [-0.2, 0) is 13.2 Å². The third kappa shape index (κ3) is 2.81. The van der Waals surface area contributed by atoms with Crippen LogP contribution in [0.25, 0.3) is 11.4 Å². The van der Waals surface area contributed by atoms with Gasteiger partial charge in [-0.2, -0.15) is 0 Å². The zero-order valence-corrected chi connectivity index (χ0v) is 11.4. The first-order valence-corrected chi connectivity index (χ1v) is 6.32. The van der Waals surface area contributed by atoms with Crippen molar-refractivity contribution < 1.29 is 9.50 Å². The molecule has 0 bridgehead atoms. The predicted octanol–water partition coefficient (Wildman–Crippen LogP) is 2.54. The molecule has 1 aromatic heterocycles. The van der Waals surface area contributed by atoms with Crippen LogP contribution in [0, 0.1) is 18.7 Å². The molecule has 0 saturated carbocycles. The Kier molecular flexibility index (Phi) is 3.95. The molecule has 19 heavy (non-hydrogen) atoms. The molecule has 0 spiro atoms. The van der Waals surface area contributed by atoms with Gasteiger partial charge in [-0.1, -0.05) is 25.5 Å². The summed E-state index contributed by atoms with van der Waals surface area (Å²) in [4.78, 5) is 0. The number of halogens is 1. The monoisotopic (exact) mass is 263 g/mol. The fraction of sp³-hybridized carbons (Fsp3) is 0.429. The lowest BCUT2D eigenvalue weighted by Gasteiger charge is -2.12. The lowest BCUT2D eigenvalue weighted by Crippen LogP contribution is -2.10. The molecule has 2 aromatic rings. The van der Waals surface area contributed by atoms with Crippen LogP contribution in [0.2, 0.25) is 0 Å². The van der Waals surface area contributed by atoms with Crippen LogP contribution in [0.1, 0.15) is 25.2 Å². The number of nitrogens with zero attached hydrogens (tertiary/aromatic N) is 3. The lowest BCUT2D eigenvalue weighted by molar-refractivity contribution is 0.262. The number of aromatic nitrogens is 3. The van der Waals surface area contributed by atoms with Crippen LogP contribution in [-0.4, -0.2) is 19.9 Å². The van der Waals surface area contributed by atoms with E-state index in [-0.39, 0.29) is 12.4 Å². The Morgan fingerprint density at radius 3 is 2.68 bits per heavy atom. The average Bonchev–Trinajstić information content (AvgIpc) is 2.74. The number of rotatable bonds is 4. The standard InChI is InChI=1S/C14H18FN3O/c1-9(2)7-18-13(8-19)16-17-14(18)11-6-10(3)4-5-12(11)15/h4-6,9,19H,7-8H2,1-3H3. The van der Waals surface area contributed by atoms with Crippen molar-refractivity contribution in [2.45, 2.75) is 33.9 Å². The van der Waals surface area contributed by atoms with E-state index in [4.69, 9.17) is 0 Å². The Balaban J connectivity index is 2.55. The van der Waals surface area contributed by atoms with Crippen LogP contribution >= 0.6 is 0 Å². The quantitative estimate of drug-likeness (QED) is 0.922. The molecule has 2 rings (SSSR count). The van der Waals surface area contributed by atoms with Gasteiger partial charge in [0.1, 0.15) is 12.4 Å². The second kappa shape index (κ2) is 5.48. The van der Waals surface area contributed by atoms with Crippen molar-refractivity contribution in [3.63, 3.8) is 0 Å². The fourth-order valence-electron chi connectivity index (χ4n) is 2.02. The third-order valence-electron chi connectivity index (χ3n) is 2.88. The summed E-state index contributed by atoms with van der Waals surface area (Å²) < 4.78 is 15.7. The van der Waals surface area contributed by atoms with Gasteiger partial charge < -0.3 is 9.67 Å². The van der Waals surface area contributed by atoms with E-state index in [0.717, 1.165) is 5.56 Å². The summed E-state index contributed by atoms with van der Waals surface area (Å²) in [6.45, 7) is 6.45. The molecule has 1 aromatic carbocycles. The van der Waals surface area contributed by atoms with Gasteiger partial charge >= 0.3 is 0 Å². The van der Waals surface area contributed by atoms with Crippen LogP contribution in [0.5, 0.6) is 0 Å². The molecule has 0 aliphatic heterocycles. The first-order valence-electron chi connectivity index (χ1n) is 6.32. The molecule has 0 saturated heterocycles. The molecule has 0 atom stereocenters. The first-order chi connectivity index (χ1) is 9.02. The molecule has 102 valence electrons. The predicted molar refractivity (Wildman–Crippen MR) is 70.9 cm³/mol. The van der Waals surface area contributed by atoms with Crippen molar-refractivity contribution in [2.24, 2.45) is 5.92 Å². The lowest BCUT2D eigenvalue weighted by atomic mass is 10.1. The zero-order valence-electron chi connectivity index (χ0n) is 11.4. The van der Waals surface area contributed by atoms with Gasteiger partial charge in [0.2, 0.25) is 0 Å². The third-order valence-corrected chi connectivity index (χ3v) is 2.88. The van der Waals surface area contributed by atoms with Gasteiger partial charge in [-0.3, -0.25) is 0 Å². The normalized spacial score (nSPS) is 11.3. The highest BCUT2D eigenvalue weighted by atomic mass is 19.1. The molecule has 0 radical (unpaired) electrons. The number of aliphatic hydroxyl groups excluding tert-OH is 1. The van der Waals surface area contributed by atoms with E-state index in [1.54, 1.807) is 16.7 Å². The van der Waals surface area contributed by atoms with Crippen molar-refractivity contribution in [3.05, 3.63) is 35.4 Å². The minimum atomic E-state index is -0.326. The van der Waals surface area contributed by atoms with Gasteiger partial charge in [0.05, 0.1) is 5.56 Å². The van der Waals surface area contributed by atoms with E-state index in [1.807, 2.05) is 6.92 Å². The minimum Gasteiger partial charge on any atom is -0.388 e. The summed E-state index contributed by atoms with van der Waals surface area (Å²) in [5.41, 5.74) is 1.38. The molecule has 0 amide bonds. The average molecular weight is 263 g/mol. The Hall–Kier alpha value is -1.75. The largest absolute Gasteiger partial charge is 0.388 e. The highest BCUT2D eigenvalue weighted by Crippen LogP contribution is 2.24. The van der Waals surface area contributed by atoms with Crippen LogP contribution in [0.15, 0.2) is 18.2 Å². The molecule has 0 aliphatic carbocycles. The summed E-state index contributed by atoms with van der Waals surface area (Å²) in [5, 5.41) is 17.3. The number of benzene rings is 1. The van der Waals surface area contributed by atoms with E-state index in [1.165, 1.54) is 6.07 Å². The molecular formula is C14H18FN3O. The Morgan fingerprint density at radius 2 is 2.05 bits per heavy atom. The van der Waals surface area contributed by atoms with Crippen molar-refractivity contribution in [1.82, 2.24) is 14.8 Å². The molecule has 0 aliphatic rings. The smallest absolute Gasteiger partial charge is 0.167 e. The van der Waals surface area contributed by atoms with Crippen LogP contribution in [0.3, 0.4) is 0 Å². The zero-order chi connectivity index (χ0) is 14.0. The second-order valence-corrected chi connectivity index (χ2v) is 5.09. The Bertz CT molecular complexity index is 578. The number of aryl methyl sites for hydroxylation is 1. The molecule has 0 fully saturated rings. The number of hydrogen-bond acceptors (Lipinski definition) is 3. The van der Waals surface area contributed by atoms with Gasteiger partial charge in [0, 0.05) is 6.54 Å². The van der Waals surface area contributed by atoms with E-state index < -0.39 is 0 Å². The first kappa shape index (κ1) is 13.7. The molecule has 4 nitrogen and oxygen atoms in total. The van der Waals surface area contributed by atoms with Gasteiger partial charge in [0.25, 0.3) is 0 Å². The van der Waals surface area contributed by atoms with Gasteiger partial charge in [-0.05, 0) is 25.0 Å². The molecule has 1 heterocycles. The number of hydrogen-bond donors (Lipinski definition) is 1. The van der Waals surface area contributed by atoms with Crippen LogP contribution in [0.4, 0.5) is 4.39 Å². The molecule has 0 unspecified atom stereocenters. The van der Waals surface area contributed by atoms with E-state index in [9.17, 15) is 9.50 Å². The second-order valence-electron chi connectivity index (χ2n) is 5.09. The topological polar surface area (TPSA) is 50.9 Å². The van der Waals surface area contributed by atoms with Crippen molar-refractivity contribution in [3.8, 4) is 11.4 Å². The molecular weight excluding hydrogens is 245 g/mol. The van der Waals surface area contributed by atoms with E-state index >= 15 is 0 Å². The maximum Gasteiger partial charge on any atom is 0.167 e. The summed E-state index contributed by atoms with van der Waals surface area (Å²) in [7, 11) is 0. The van der Waals surface area contributed by atoms with Gasteiger partial charge in [0.15, 0.2) is 11.6 Å². The van der Waals surface area contributed by atoms with Gasteiger partial charge in [-0.25, -0.2) is 4.39 Å². The fourth-order valence-corrected chi connectivity index (χ4v) is 2.02. The maximum atomic E-state index is 13.9.